The molecule has 2 N–H and O–H groups in total. The molecule has 0 spiro atoms. The molecule has 0 aliphatic carbocycles. The van der Waals surface area contributed by atoms with Gasteiger partial charge in [-0.15, -0.1) is 0 Å². The quantitative estimate of drug-likeness (QED) is 0.891. The molecule has 2 aromatic rings. The molecule has 0 aliphatic heterocycles. The summed E-state index contributed by atoms with van der Waals surface area (Å²) in [6.45, 7) is 2.68. The zero-order valence-corrected chi connectivity index (χ0v) is 11.1. The van der Waals surface area contributed by atoms with Gasteiger partial charge in [-0.1, -0.05) is 6.07 Å². The first-order valence-corrected chi connectivity index (χ1v) is 6.04. The van der Waals surface area contributed by atoms with Crippen LogP contribution in [0.5, 0.6) is 5.75 Å². The maximum Gasteiger partial charge on any atom is 0.267 e. The summed E-state index contributed by atoms with van der Waals surface area (Å²) >= 11 is 0. The molecule has 0 radical (unpaired) electrons. The Morgan fingerprint density at radius 1 is 1.32 bits per heavy atom. The predicted molar refractivity (Wildman–Crippen MR) is 73.2 cm³/mol. The lowest BCUT2D eigenvalue weighted by molar-refractivity contribution is 0.409. The molecular weight excluding hydrogens is 242 g/mol. The van der Waals surface area contributed by atoms with E-state index in [-0.39, 0.29) is 5.56 Å². The molecule has 5 heteroatoms. The monoisotopic (exact) mass is 259 g/mol. The number of hydrogen-bond donors (Lipinski definition) is 1. The molecule has 0 unspecified atom stereocenters. The van der Waals surface area contributed by atoms with E-state index < -0.39 is 0 Å². The Labute approximate surface area is 111 Å². The first kappa shape index (κ1) is 13.3. The second-order valence-corrected chi connectivity index (χ2v) is 4.32. The van der Waals surface area contributed by atoms with Gasteiger partial charge in [-0.2, -0.15) is 5.10 Å². The van der Waals surface area contributed by atoms with Crippen molar-refractivity contribution in [2.24, 2.45) is 5.73 Å². The molecule has 100 valence electrons. The Hall–Kier alpha value is -2.14. The van der Waals surface area contributed by atoms with E-state index in [4.69, 9.17) is 10.5 Å². The van der Waals surface area contributed by atoms with Crippen molar-refractivity contribution in [2.75, 3.05) is 7.11 Å². The topological polar surface area (TPSA) is 70.1 Å². The fourth-order valence-corrected chi connectivity index (χ4v) is 1.93. The Kier molecular flexibility index (Phi) is 3.97. The molecule has 2 rings (SSSR count). The minimum atomic E-state index is -0.115. The van der Waals surface area contributed by atoms with Gasteiger partial charge in [0.2, 0.25) is 0 Å². The third kappa shape index (κ3) is 3.00. The van der Waals surface area contributed by atoms with Gasteiger partial charge in [0, 0.05) is 18.2 Å². The van der Waals surface area contributed by atoms with E-state index in [0.29, 0.717) is 13.1 Å². The highest BCUT2D eigenvalue weighted by atomic mass is 16.5. The van der Waals surface area contributed by atoms with Gasteiger partial charge < -0.3 is 10.5 Å². The van der Waals surface area contributed by atoms with E-state index in [2.05, 4.69) is 5.10 Å². The van der Waals surface area contributed by atoms with Crippen molar-refractivity contribution in [3.05, 3.63) is 57.5 Å². The average molecular weight is 259 g/mol. The van der Waals surface area contributed by atoms with Crippen molar-refractivity contribution < 1.29 is 4.74 Å². The van der Waals surface area contributed by atoms with E-state index in [0.717, 1.165) is 22.6 Å². The van der Waals surface area contributed by atoms with Gasteiger partial charge in [0.1, 0.15) is 5.75 Å². The van der Waals surface area contributed by atoms with Crippen LogP contribution in [-0.2, 0) is 13.1 Å². The molecule has 1 heterocycles. The lowest BCUT2D eigenvalue weighted by Crippen LogP contribution is -2.23. The highest BCUT2D eigenvalue weighted by molar-refractivity contribution is 5.37. The third-order valence-corrected chi connectivity index (χ3v) is 2.90. The molecule has 5 nitrogen and oxygen atoms in total. The first-order valence-electron chi connectivity index (χ1n) is 6.04. The van der Waals surface area contributed by atoms with Crippen LogP contribution in [0.1, 0.15) is 16.8 Å². The SMILES string of the molecule is COc1ccc(Cn2nc(C)ccc2=O)cc1CN. The molecule has 19 heavy (non-hydrogen) atoms. The van der Waals surface area contributed by atoms with Crippen LogP contribution < -0.4 is 16.0 Å². The molecular formula is C14H17N3O2. The van der Waals surface area contributed by atoms with E-state index in [1.54, 1.807) is 13.2 Å². The second kappa shape index (κ2) is 5.67. The predicted octanol–water partition coefficient (Wildman–Crippen LogP) is 1.07. The smallest absolute Gasteiger partial charge is 0.267 e. The van der Waals surface area contributed by atoms with Gasteiger partial charge in [-0.05, 0) is 30.7 Å². The lowest BCUT2D eigenvalue weighted by atomic mass is 10.1. The summed E-state index contributed by atoms with van der Waals surface area (Å²) < 4.78 is 6.66. The molecule has 0 saturated heterocycles. The van der Waals surface area contributed by atoms with Crippen molar-refractivity contribution in [3.8, 4) is 5.75 Å². The zero-order valence-electron chi connectivity index (χ0n) is 11.1. The maximum absolute atomic E-state index is 11.7. The largest absolute Gasteiger partial charge is 0.496 e. The third-order valence-electron chi connectivity index (χ3n) is 2.90. The number of methoxy groups -OCH3 is 1. The van der Waals surface area contributed by atoms with Crippen molar-refractivity contribution in [2.45, 2.75) is 20.0 Å². The fraction of sp³-hybridized carbons (Fsp3) is 0.286. The standard InChI is InChI=1S/C14H17N3O2/c1-10-3-6-14(18)17(16-10)9-11-4-5-13(19-2)12(7-11)8-15/h3-7H,8-9,15H2,1-2H3. The molecule has 0 fully saturated rings. The van der Waals surface area contributed by atoms with Gasteiger partial charge in [-0.3, -0.25) is 4.79 Å². The maximum atomic E-state index is 11.7. The molecule has 0 aliphatic rings. The summed E-state index contributed by atoms with van der Waals surface area (Å²) in [5.74, 6) is 0.760. The van der Waals surface area contributed by atoms with Crippen LogP contribution in [0.2, 0.25) is 0 Å². The van der Waals surface area contributed by atoms with Crippen LogP contribution in [0.25, 0.3) is 0 Å². The minimum Gasteiger partial charge on any atom is -0.496 e. The summed E-state index contributed by atoms with van der Waals surface area (Å²) in [7, 11) is 1.61. The van der Waals surface area contributed by atoms with Crippen LogP contribution in [0, 0.1) is 6.92 Å². The van der Waals surface area contributed by atoms with E-state index in [1.165, 1.54) is 10.7 Å². The van der Waals surface area contributed by atoms with E-state index in [9.17, 15) is 4.79 Å². The van der Waals surface area contributed by atoms with Crippen LogP contribution in [0.4, 0.5) is 0 Å². The molecule has 0 saturated carbocycles. The summed E-state index contributed by atoms with van der Waals surface area (Å²) in [5, 5.41) is 4.21. The van der Waals surface area contributed by atoms with E-state index >= 15 is 0 Å². The second-order valence-electron chi connectivity index (χ2n) is 4.32. The van der Waals surface area contributed by atoms with Gasteiger partial charge in [0.15, 0.2) is 0 Å². The normalized spacial score (nSPS) is 10.5. The van der Waals surface area contributed by atoms with E-state index in [1.807, 2.05) is 25.1 Å². The first-order chi connectivity index (χ1) is 9.13. The molecule has 0 bridgehead atoms. The van der Waals surface area contributed by atoms with Crippen molar-refractivity contribution in [1.29, 1.82) is 0 Å². The highest BCUT2D eigenvalue weighted by Crippen LogP contribution is 2.19. The van der Waals surface area contributed by atoms with Crippen LogP contribution in [0.15, 0.2) is 35.1 Å². The van der Waals surface area contributed by atoms with Gasteiger partial charge in [0.25, 0.3) is 5.56 Å². The number of ether oxygens (including phenoxy) is 1. The number of nitrogens with zero attached hydrogens (tertiary/aromatic N) is 2. The Morgan fingerprint density at radius 3 is 2.79 bits per heavy atom. The fourth-order valence-electron chi connectivity index (χ4n) is 1.93. The van der Waals surface area contributed by atoms with Crippen LogP contribution >= 0.6 is 0 Å². The Morgan fingerprint density at radius 2 is 2.11 bits per heavy atom. The molecule has 0 amide bonds. The Bertz CT molecular complexity index is 635. The number of nitrogens with two attached hydrogens (primary N) is 1. The minimum absolute atomic E-state index is 0.115. The summed E-state index contributed by atoms with van der Waals surface area (Å²) in [6, 6.07) is 8.94. The Balaban J connectivity index is 2.33. The summed E-state index contributed by atoms with van der Waals surface area (Å²) in [5.41, 5.74) is 8.27. The van der Waals surface area contributed by atoms with Gasteiger partial charge >= 0.3 is 0 Å². The van der Waals surface area contributed by atoms with Crippen LogP contribution in [0.3, 0.4) is 0 Å². The molecule has 1 aromatic heterocycles. The van der Waals surface area contributed by atoms with Gasteiger partial charge in [0.05, 0.1) is 19.3 Å². The van der Waals surface area contributed by atoms with Crippen molar-refractivity contribution in [3.63, 3.8) is 0 Å². The number of aromatic nitrogens is 2. The lowest BCUT2D eigenvalue weighted by Gasteiger charge is -2.10. The van der Waals surface area contributed by atoms with Gasteiger partial charge in [-0.25, -0.2) is 4.68 Å². The summed E-state index contributed by atoms with van der Waals surface area (Å²) in [4.78, 5) is 11.7. The number of hydrogen-bond acceptors (Lipinski definition) is 4. The number of rotatable bonds is 4. The molecule has 0 atom stereocenters. The zero-order chi connectivity index (χ0) is 13.8. The van der Waals surface area contributed by atoms with Crippen molar-refractivity contribution >= 4 is 0 Å². The number of aryl methyl sites for hydroxylation is 1. The number of benzene rings is 1. The van der Waals surface area contributed by atoms with Crippen molar-refractivity contribution in [1.82, 2.24) is 9.78 Å². The molecule has 1 aromatic carbocycles. The average Bonchev–Trinajstić information content (AvgIpc) is 2.42. The highest BCUT2D eigenvalue weighted by Gasteiger charge is 2.05. The van der Waals surface area contributed by atoms with Crippen LogP contribution in [-0.4, -0.2) is 16.9 Å². The summed E-state index contributed by atoms with van der Waals surface area (Å²) in [6.07, 6.45) is 0.